The lowest BCUT2D eigenvalue weighted by Crippen LogP contribution is -2.05. The molecule has 0 amide bonds. The highest BCUT2D eigenvalue weighted by molar-refractivity contribution is 8.25. The Morgan fingerprint density at radius 2 is 2.23 bits per heavy atom. The smallest absolute Gasteiger partial charge is 0.226 e. The highest BCUT2D eigenvalue weighted by Crippen LogP contribution is 2.14. The van der Waals surface area contributed by atoms with E-state index in [0.717, 1.165) is 10.9 Å². The van der Waals surface area contributed by atoms with Crippen LogP contribution in [0, 0.1) is 6.92 Å². The van der Waals surface area contributed by atoms with Crippen molar-refractivity contribution in [3.8, 4) is 0 Å². The van der Waals surface area contributed by atoms with Crippen molar-refractivity contribution in [1.82, 2.24) is 0 Å². The van der Waals surface area contributed by atoms with Gasteiger partial charge in [-0.2, -0.15) is 0 Å². The first-order chi connectivity index (χ1) is 6.16. The average Bonchev–Trinajstić information content (AvgIpc) is 2.10. The second-order valence-corrected chi connectivity index (χ2v) is 3.94. The summed E-state index contributed by atoms with van der Waals surface area (Å²) in [6.45, 7) is 1.86. The van der Waals surface area contributed by atoms with Gasteiger partial charge in [0.2, 0.25) is 5.12 Å². The molecule has 0 saturated heterocycles. The molecule has 0 aliphatic rings. The third-order valence-electron chi connectivity index (χ3n) is 1.75. The van der Waals surface area contributed by atoms with Crippen molar-refractivity contribution in [2.75, 3.05) is 0 Å². The van der Waals surface area contributed by atoms with Gasteiger partial charge in [-0.3, -0.25) is 9.59 Å². The van der Waals surface area contributed by atoms with Crippen molar-refractivity contribution >= 4 is 37.0 Å². The van der Waals surface area contributed by atoms with E-state index in [9.17, 15) is 9.59 Å². The number of hydrogen-bond acceptors (Lipinski definition) is 3. The van der Waals surface area contributed by atoms with Crippen LogP contribution in [0.25, 0.3) is 0 Å². The van der Waals surface area contributed by atoms with E-state index >= 15 is 0 Å². The van der Waals surface area contributed by atoms with Crippen LogP contribution in [-0.4, -0.2) is 10.7 Å². The molecule has 1 atom stereocenters. The van der Waals surface area contributed by atoms with Crippen LogP contribution in [0.3, 0.4) is 0 Å². The lowest BCUT2D eigenvalue weighted by atomic mass is 10.1. The SMILES string of the molecule is Cc1c(P)cccc1C(=O)SC=O. The van der Waals surface area contributed by atoms with Crippen molar-refractivity contribution in [3.05, 3.63) is 29.3 Å². The lowest BCUT2D eigenvalue weighted by Gasteiger charge is -2.04. The highest BCUT2D eigenvalue weighted by Gasteiger charge is 2.09. The zero-order valence-electron chi connectivity index (χ0n) is 7.11. The maximum atomic E-state index is 11.3. The van der Waals surface area contributed by atoms with Crippen molar-refractivity contribution in [1.29, 1.82) is 0 Å². The van der Waals surface area contributed by atoms with Crippen molar-refractivity contribution < 1.29 is 9.59 Å². The van der Waals surface area contributed by atoms with Gasteiger partial charge >= 0.3 is 0 Å². The normalized spacial score (nSPS) is 9.69. The summed E-state index contributed by atoms with van der Waals surface area (Å²) in [5.74, 6) is 0. The zero-order chi connectivity index (χ0) is 9.84. The Morgan fingerprint density at radius 3 is 2.85 bits per heavy atom. The van der Waals surface area contributed by atoms with Gasteiger partial charge in [-0.1, -0.05) is 18.2 Å². The van der Waals surface area contributed by atoms with Crippen LogP contribution in [-0.2, 0) is 4.79 Å². The number of rotatable bonds is 2. The molecule has 68 valence electrons. The van der Waals surface area contributed by atoms with Crippen LogP contribution in [0.15, 0.2) is 18.2 Å². The Balaban J connectivity index is 3.07. The molecule has 4 heteroatoms. The monoisotopic (exact) mass is 212 g/mol. The summed E-state index contributed by atoms with van der Waals surface area (Å²) in [4.78, 5) is 21.5. The van der Waals surface area contributed by atoms with Gasteiger partial charge in [-0.15, -0.1) is 9.24 Å². The van der Waals surface area contributed by atoms with E-state index in [0.29, 0.717) is 22.9 Å². The average molecular weight is 212 g/mol. The van der Waals surface area contributed by atoms with Crippen molar-refractivity contribution in [2.45, 2.75) is 6.92 Å². The quantitative estimate of drug-likeness (QED) is 0.551. The van der Waals surface area contributed by atoms with Gasteiger partial charge in [0.1, 0.15) is 0 Å². The van der Waals surface area contributed by atoms with Gasteiger partial charge in [-0.05, 0) is 29.6 Å². The molecule has 0 saturated carbocycles. The summed E-state index contributed by atoms with van der Waals surface area (Å²) in [7, 11) is 2.55. The molecule has 0 heterocycles. The molecule has 0 fully saturated rings. The standard InChI is InChI=1S/C9H9O2PS/c1-6-7(9(11)13-5-10)3-2-4-8(6)12/h2-5H,12H2,1H3. The second-order valence-electron chi connectivity index (χ2n) is 2.52. The maximum absolute atomic E-state index is 11.3. The third-order valence-corrected chi connectivity index (χ3v) is 2.91. The molecule has 0 aliphatic heterocycles. The second kappa shape index (κ2) is 4.54. The van der Waals surface area contributed by atoms with Gasteiger partial charge < -0.3 is 0 Å². The van der Waals surface area contributed by atoms with E-state index in [1.165, 1.54) is 0 Å². The predicted molar refractivity (Wildman–Crippen MR) is 59.2 cm³/mol. The largest absolute Gasteiger partial charge is 0.290 e. The molecule has 1 aromatic carbocycles. The Kier molecular flexibility index (Phi) is 3.64. The Labute approximate surface area is 83.3 Å². The first kappa shape index (κ1) is 10.4. The van der Waals surface area contributed by atoms with E-state index in [-0.39, 0.29) is 5.12 Å². The van der Waals surface area contributed by atoms with E-state index in [4.69, 9.17) is 0 Å². The van der Waals surface area contributed by atoms with Crippen LogP contribution < -0.4 is 5.30 Å². The Bertz CT molecular complexity index is 349. The van der Waals surface area contributed by atoms with E-state index in [2.05, 4.69) is 9.24 Å². The molecule has 0 radical (unpaired) electrons. The van der Waals surface area contributed by atoms with Crippen molar-refractivity contribution in [2.24, 2.45) is 0 Å². The minimum atomic E-state index is -0.197. The lowest BCUT2D eigenvalue weighted by molar-refractivity contribution is 0.109. The molecule has 13 heavy (non-hydrogen) atoms. The van der Waals surface area contributed by atoms with Gasteiger partial charge in [-0.25, -0.2) is 0 Å². The minimum absolute atomic E-state index is 0.197. The van der Waals surface area contributed by atoms with Crippen LogP contribution in [0.1, 0.15) is 15.9 Å². The molecule has 2 nitrogen and oxygen atoms in total. The highest BCUT2D eigenvalue weighted by atomic mass is 32.2. The number of hydrogen-bond donors (Lipinski definition) is 0. The fraction of sp³-hybridized carbons (Fsp3) is 0.111. The first-order valence-corrected chi connectivity index (χ1v) is 5.12. The van der Waals surface area contributed by atoms with Crippen molar-refractivity contribution in [3.63, 3.8) is 0 Å². The summed E-state index contributed by atoms with van der Waals surface area (Å²) in [6, 6.07) is 5.43. The summed E-state index contributed by atoms with van der Waals surface area (Å²) >= 11 is 0.679. The number of carbonyl (C=O) groups is 2. The molecule has 0 aliphatic carbocycles. The summed E-state index contributed by atoms with van der Waals surface area (Å²) in [5, 5.41) is 0.786. The van der Waals surface area contributed by atoms with Gasteiger partial charge in [0.15, 0.2) is 5.62 Å². The summed E-state index contributed by atoms with van der Waals surface area (Å²) < 4.78 is 0. The van der Waals surface area contributed by atoms with E-state index in [1.54, 1.807) is 12.1 Å². The predicted octanol–water partition coefficient (Wildman–Crippen LogP) is 1.56. The fourth-order valence-electron chi connectivity index (χ4n) is 0.982. The summed E-state index contributed by atoms with van der Waals surface area (Å²) in [5.41, 5.74) is 2.06. The molecule has 0 N–H and O–H groups in total. The molecule has 0 aromatic heterocycles. The number of thioether (sulfide) groups is 1. The fourth-order valence-corrected chi connectivity index (χ4v) is 1.68. The molecular weight excluding hydrogens is 203 g/mol. The Hall–Kier alpha value is -0.660. The topological polar surface area (TPSA) is 34.1 Å². The van der Waals surface area contributed by atoms with Crippen LogP contribution in [0.2, 0.25) is 0 Å². The molecule has 0 bridgehead atoms. The number of carbonyl (C=O) groups excluding carboxylic acids is 2. The molecular formula is C9H9O2PS. The van der Waals surface area contributed by atoms with Gasteiger partial charge in [0.25, 0.3) is 0 Å². The molecule has 0 spiro atoms. The first-order valence-electron chi connectivity index (χ1n) is 3.66. The van der Waals surface area contributed by atoms with Crippen LogP contribution >= 0.6 is 21.0 Å². The van der Waals surface area contributed by atoms with E-state index in [1.807, 2.05) is 13.0 Å². The molecule has 1 aromatic rings. The maximum Gasteiger partial charge on any atom is 0.226 e. The number of benzene rings is 1. The van der Waals surface area contributed by atoms with Gasteiger partial charge in [0.05, 0.1) is 0 Å². The zero-order valence-corrected chi connectivity index (χ0v) is 9.08. The third kappa shape index (κ3) is 2.39. The molecule has 1 unspecified atom stereocenters. The van der Waals surface area contributed by atoms with Gasteiger partial charge in [0, 0.05) is 5.56 Å². The minimum Gasteiger partial charge on any atom is -0.290 e. The van der Waals surface area contributed by atoms with E-state index < -0.39 is 0 Å². The summed E-state index contributed by atoms with van der Waals surface area (Å²) in [6.07, 6.45) is 0. The van der Waals surface area contributed by atoms with Crippen LogP contribution in [0.4, 0.5) is 0 Å². The van der Waals surface area contributed by atoms with Crippen LogP contribution in [0.5, 0.6) is 0 Å². The molecule has 1 rings (SSSR count). The Morgan fingerprint density at radius 1 is 1.54 bits per heavy atom.